The Kier molecular flexibility index (Phi) is 4.97. The van der Waals surface area contributed by atoms with Crippen LogP contribution in [0, 0.1) is 10.1 Å². The second kappa shape index (κ2) is 7.21. The molecule has 0 unspecified atom stereocenters. The topological polar surface area (TPSA) is 137 Å². The summed E-state index contributed by atoms with van der Waals surface area (Å²) in [7, 11) is 2.64. The largest absolute Gasteiger partial charge is 0.467 e. The number of aryl methyl sites for hydroxylation is 1. The summed E-state index contributed by atoms with van der Waals surface area (Å²) in [5.41, 5.74) is -0.0750. The number of rotatable bonds is 4. The first-order valence-corrected chi connectivity index (χ1v) is 8.33. The van der Waals surface area contributed by atoms with E-state index in [-0.39, 0.29) is 37.1 Å². The van der Waals surface area contributed by atoms with Crippen molar-refractivity contribution >= 4 is 23.8 Å². The highest BCUT2D eigenvalue weighted by atomic mass is 16.6. The molecule has 27 heavy (non-hydrogen) atoms. The summed E-state index contributed by atoms with van der Waals surface area (Å²) in [6.45, 7) is 0.507. The predicted octanol–water partition coefficient (Wildman–Crippen LogP) is -0.0733. The molecule has 0 saturated carbocycles. The molecule has 3 heterocycles. The lowest BCUT2D eigenvalue weighted by Crippen LogP contribution is -2.52. The van der Waals surface area contributed by atoms with Gasteiger partial charge in [-0.05, 0) is 17.8 Å². The van der Waals surface area contributed by atoms with Crippen LogP contribution in [0.1, 0.15) is 23.2 Å². The molecular formula is C15H19N5O7. The van der Waals surface area contributed by atoms with Gasteiger partial charge >= 0.3 is 17.9 Å². The highest BCUT2D eigenvalue weighted by molar-refractivity contribution is 5.97. The maximum atomic E-state index is 12.6. The minimum Gasteiger partial charge on any atom is -0.467 e. The van der Waals surface area contributed by atoms with Gasteiger partial charge in [-0.15, -0.1) is 4.68 Å². The van der Waals surface area contributed by atoms with Gasteiger partial charge in [-0.25, -0.2) is 9.59 Å². The molecule has 0 aromatic carbocycles. The fourth-order valence-electron chi connectivity index (χ4n) is 3.47. The van der Waals surface area contributed by atoms with Gasteiger partial charge in [0.1, 0.15) is 13.7 Å². The van der Waals surface area contributed by atoms with Crippen molar-refractivity contribution in [2.45, 2.75) is 24.9 Å². The third-order valence-electron chi connectivity index (χ3n) is 4.84. The highest BCUT2D eigenvalue weighted by Crippen LogP contribution is 2.26. The molecule has 0 aliphatic carbocycles. The summed E-state index contributed by atoms with van der Waals surface area (Å²) in [6.07, 6.45) is 1.43. The number of carbonyl (C=O) groups is 3. The molecule has 12 heteroatoms. The Morgan fingerprint density at radius 2 is 2.04 bits per heavy atom. The van der Waals surface area contributed by atoms with Crippen LogP contribution in [0.5, 0.6) is 0 Å². The molecule has 1 aromatic heterocycles. The van der Waals surface area contributed by atoms with E-state index in [1.807, 2.05) is 0 Å². The number of cyclic esters (lactones) is 1. The third-order valence-corrected chi connectivity index (χ3v) is 4.84. The molecule has 3 rings (SSSR count). The lowest BCUT2D eigenvalue weighted by atomic mass is 10.0. The van der Waals surface area contributed by atoms with E-state index in [9.17, 15) is 24.5 Å². The van der Waals surface area contributed by atoms with Crippen molar-refractivity contribution in [1.29, 1.82) is 0 Å². The number of methoxy groups -OCH3 is 1. The van der Waals surface area contributed by atoms with Gasteiger partial charge in [-0.2, -0.15) is 0 Å². The number of aromatic nitrogens is 2. The average Bonchev–Trinajstić information content (AvgIpc) is 3.23. The first kappa shape index (κ1) is 18.6. The van der Waals surface area contributed by atoms with Crippen LogP contribution in [0.3, 0.4) is 0 Å². The molecule has 12 nitrogen and oxygen atoms in total. The van der Waals surface area contributed by atoms with Crippen LogP contribution in [0.25, 0.3) is 0 Å². The second-order valence-corrected chi connectivity index (χ2v) is 6.31. The number of hydrogen-bond acceptors (Lipinski definition) is 8. The van der Waals surface area contributed by atoms with Crippen LogP contribution >= 0.6 is 0 Å². The summed E-state index contributed by atoms with van der Waals surface area (Å²) < 4.78 is 10.7. The first-order chi connectivity index (χ1) is 12.8. The number of carbonyl (C=O) groups excluding carboxylic acids is 3. The van der Waals surface area contributed by atoms with Crippen LogP contribution in [0.15, 0.2) is 6.20 Å². The van der Waals surface area contributed by atoms with E-state index in [1.165, 1.54) is 30.2 Å². The monoisotopic (exact) mass is 381 g/mol. The molecule has 146 valence electrons. The third kappa shape index (κ3) is 3.29. The Morgan fingerprint density at radius 3 is 2.63 bits per heavy atom. The lowest BCUT2D eigenvalue weighted by Gasteiger charge is -2.36. The van der Waals surface area contributed by atoms with E-state index in [2.05, 4.69) is 5.10 Å². The Morgan fingerprint density at radius 1 is 1.37 bits per heavy atom. The molecule has 0 radical (unpaired) electrons. The summed E-state index contributed by atoms with van der Waals surface area (Å²) in [5, 5.41) is 14.9. The van der Waals surface area contributed by atoms with Crippen molar-refractivity contribution in [2.24, 2.45) is 7.05 Å². The van der Waals surface area contributed by atoms with Crippen molar-refractivity contribution in [2.75, 3.05) is 26.8 Å². The van der Waals surface area contributed by atoms with Crippen LogP contribution in [-0.4, -0.2) is 81.4 Å². The first-order valence-electron chi connectivity index (χ1n) is 8.33. The van der Waals surface area contributed by atoms with E-state index in [4.69, 9.17) is 9.47 Å². The molecule has 2 aliphatic heterocycles. The highest BCUT2D eigenvalue weighted by Gasteiger charge is 2.44. The molecule has 0 bridgehead atoms. The number of nitrogens with zero attached hydrogens (tertiary/aromatic N) is 5. The Labute approximate surface area is 153 Å². The van der Waals surface area contributed by atoms with Crippen molar-refractivity contribution in [3.05, 3.63) is 21.9 Å². The molecule has 2 amide bonds. The molecule has 1 atom stereocenters. The van der Waals surface area contributed by atoms with E-state index in [1.54, 1.807) is 0 Å². The van der Waals surface area contributed by atoms with Gasteiger partial charge < -0.3 is 24.5 Å². The Bertz CT molecular complexity index is 784. The SMILES string of the molecule is COC(=O)[C@H]1COC(=O)N1C1CCN(C(=O)c2cnn(C)c2[N+](=O)[O-])CC1. The molecule has 2 saturated heterocycles. The zero-order valence-corrected chi connectivity index (χ0v) is 14.9. The normalized spacial score (nSPS) is 20.5. The van der Waals surface area contributed by atoms with E-state index in [0.717, 1.165) is 4.68 Å². The number of esters is 1. The lowest BCUT2D eigenvalue weighted by molar-refractivity contribution is -0.392. The number of likely N-dealkylation sites (tertiary alicyclic amines) is 1. The molecule has 2 aliphatic rings. The maximum absolute atomic E-state index is 12.6. The van der Waals surface area contributed by atoms with E-state index in [0.29, 0.717) is 12.8 Å². The van der Waals surface area contributed by atoms with Gasteiger partial charge in [-0.3, -0.25) is 9.69 Å². The maximum Gasteiger partial charge on any atom is 0.410 e. The van der Waals surface area contributed by atoms with E-state index >= 15 is 0 Å². The standard InChI is InChI=1S/C15H19N5O7/c1-17-12(20(24)25)10(7-16-17)13(21)18-5-3-9(4-6-18)19-11(14(22)26-2)8-27-15(19)23/h7,9,11H,3-6,8H2,1-2H3/t11-/m1/s1. The van der Waals surface area contributed by atoms with Gasteiger partial charge in [0.25, 0.3) is 5.91 Å². The quantitative estimate of drug-likeness (QED) is 0.401. The summed E-state index contributed by atoms with van der Waals surface area (Å²) in [6, 6.07) is -1.08. The zero-order chi connectivity index (χ0) is 19.7. The molecular weight excluding hydrogens is 362 g/mol. The molecule has 0 spiro atoms. The number of piperidine rings is 1. The summed E-state index contributed by atoms with van der Waals surface area (Å²) in [4.78, 5) is 49.8. The number of nitro groups is 1. The van der Waals surface area contributed by atoms with Crippen LogP contribution in [0.4, 0.5) is 10.6 Å². The van der Waals surface area contributed by atoms with Gasteiger partial charge in [-0.1, -0.05) is 5.10 Å². The van der Waals surface area contributed by atoms with Crippen molar-refractivity contribution < 1.29 is 28.8 Å². The van der Waals surface area contributed by atoms with E-state index < -0.39 is 28.9 Å². The fraction of sp³-hybridized carbons (Fsp3) is 0.600. The number of amides is 2. The van der Waals surface area contributed by atoms with Gasteiger partial charge in [0, 0.05) is 19.1 Å². The van der Waals surface area contributed by atoms with Crippen LogP contribution < -0.4 is 0 Å². The van der Waals surface area contributed by atoms with Crippen molar-refractivity contribution in [3.63, 3.8) is 0 Å². The Balaban J connectivity index is 1.68. The van der Waals surface area contributed by atoms with Gasteiger partial charge in [0.15, 0.2) is 11.6 Å². The van der Waals surface area contributed by atoms with Crippen LogP contribution in [-0.2, 0) is 21.3 Å². The zero-order valence-electron chi connectivity index (χ0n) is 14.9. The van der Waals surface area contributed by atoms with Gasteiger partial charge in [0.05, 0.1) is 13.3 Å². The predicted molar refractivity (Wildman–Crippen MR) is 87.8 cm³/mol. The molecule has 1 aromatic rings. The molecule has 0 N–H and O–H groups in total. The Hall–Kier alpha value is -3.18. The molecule has 2 fully saturated rings. The smallest absolute Gasteiger partial charge is 0.410 e. The number of hydrogen-bond donors (Lipinski definition) is 0. The number of ether oxygens (including phenoxy) is 2. The van der Waals surface area contributed by atoms with Gasteiger partial charge in [0.2, 0.25) is 0 Å². The summed E-state index contributed by atoms with van der Waals surface area (Å²) in [5.74, 6) is -1.40. The fourth-order valence-corrected chi connectivity index (χ4v) is 3.47. The average molecular weight is 381 g/mol. The van der Waals surface area contributed by atoms with Crippen molar-refractivity contribution in [1.82, 2.24) is 19.6 Å². The summed E-state index contributed by atoms with van der Waals surface area (Å²) >= 11 is 0. The van der Waals surface area contributed by atoms with Crippen LogP contribution in [0.2, 0.25) is 0 Å². The minimum absolute atomic E-state index is 0.0630. The van der Waals surface area contributed by atoms with Crippen molar-refractivity contribution in [3.8, 4) is 0 Å². The minimum atomic E-state index is -0.797. The second-order valence-electron chi connectivity index (χ2n) is 6.31.